The van der Waals surface area contributed by atoms with Crippen LogP contribution in [0.5, 0.6) is 0 Å². The molecule has 2 aliphatic rings. The predicted molar refractivity (Wildman–Crippen MR) is 86.4 cm³/mol. The summed E-state index contributed by atoms with van der Waals surface area (Å²) in [5.74, 6) is -1.35. The van der Waals surface area contributed by atoms with Gasteiger partial charge in [0.1, 0.15) is 6.61 Å². The van der Waals surface area contributed by atoms with Crippen molar-refractivity contribution in [1.29, 1.82) is 0 Å². The molecule has 0 aromatic heterocycles. The van der Waals surface area contributed by atoms with Gasteiger partial charge in [0.25, 0.3) is 0 Å². The summed E-state index contributed by atoms with van der Waals surface area (Å²) in [5, 5.41) is 12.2. The van der Waals surface area contributed by atoms with Crippen molar-refractivity contribution in [3.63, 3.8) is 0 Å². The normalized spacial score (nSPS) is 29.4. The van der Waals surface area contributed by atoms with Crippen LogP contribution in [0.4, 0.5) is 4.79 Å². The van der Waals surface area contributed by atoms with Crippen LogP contribution < -0.4 is 5.32 Å². The number of esters is 1. The van der Waals surface area contributed by atoms with Crippen LogP contribution in [-0.4, -0.2) is 36.8 Å². The lowest BCUT2D eigenvalue weighted by molar-refractivity contribution is -0.151. The zero-order valence-corrected chi connectivity index (χ0v) is 13.9. The summed E-state index contributed by atoms with van der Waals surface area (Å²) >= 11 is 0. The van der Waals surface area contributed by atoms with E-state index in [9.17, 15) is 19.5 Å². The highest BCUT2D eigenvalue weighted by atomic mass is 16.5. The molecule has 0 spiro atoms. The summed E-state index contributed by atoms with van der Waals surface area (Å²) in [6.45, 7) is 0.124. The van der Waals surface area contributed by atoms with Gasteiger partial charge in [0, 0.05) is 6.54 Å². The van der Waals surface area contributed by atoms with E-state index in [0.29, 0.717) is 12.8 Å². The van der Waals surface area contributed by atoms with Crippen molar-refractivity contribution in [2.24, 2.45) is 23.2 Å². The van der Waals surface area contributed by atoms with E-state index in [2.05, 4.69) is 5.32 Å². The number of hydrogen-bond acceptors (Lipinski definition) is 5. The minimum absolute atomic E-state index is 0.00313. The third-order valence-electron chi connectivity index (χ3n) is 5.30. The van der Waals surface area contributed by atoms with Gasteiger partial charge in [0.15, 0.2) is 0 Å². The van der Waals surface area contributed by atoms with Gasteiger partial charge >= 0.3 is 18.0 Å². The van der Waals surface area contributed by atoms with Crippen molar-refractivity contribution in [2.45, 2.75) is 19.4 Å². The molecule has 2 aliphatic carbocycles. The number of hydrogen-bond donors (Lipinski definition) is 2. The van der Waals surface area contributed by atoms with Gasteiger partial charge in [-0.2, -0.15) is 0 Å². The molecule has 7 heteroatoms. The van der Waals surface area contributed by atoms with Gasteiger partial charge in [0.2, 0.25) is 0 Å². The summed E-state index contributed by atoms with van der Waals surface area (Å²) in [7, 11) is 1.34. The summed E-state index contributed by atoms with van der Waals surface area (Å²) in [6.07, 6.45) is 0.0897. The topological polar surface area (TPSA) is 102 Å². The molecule has 2 N–H and O–H groups in total. The zero-order valence-electron chi connectivity index (χ0n) is 13.9. The maximum atomic E-state index is 11.8. The number of carbonyl (C=O) groups is 3. The van der Waals surface area contributed by atoms with Gasteiger partial charge < -0.3 is 19.9 Å². The molecule has 0 aliphatic heterocycles. The average molecular weight is 347 g/mol. The Morgan fingerprint density at radius 3 is 2.40 bits per heavy atom. The first-order valence-corrected chi connectivity index (χ1v) is 8.22. The second kappa shape index (κ2) is 6.74. The van der Waals surface area contributed by atoms with Crippen LogP contribution >= 0.6 is 0 Å². The molecule has 25 heavy (non-hydrogen) atoms. The Hall–Kier alpha value is -2.57. The second-order valence-corrected chi connectivity index (χ2v) is 6.79. The summed E-state index contributed by atoms with van der Waals surface area (Å²) < 4.78 is 9.85. The van der Waals surface area contributed by atoms with Crippen LogP contribution in [0.3, 0.4) is 0 Å². The first kappa shape index (κ1) is 17.3. The fraction of sp³-hybridized carbons (Fsp3) is 0.500. The van der Waals surface area contributed by atoms with Gasteiger partial charge in [-0.15, -0.1) is 0 Å². The Morgan fingerprint density at radius 1 is 1.20 bits per heavy atom. The van der Waals surface area contributed by atoms with Crippen molar-refractivity contribution in [3.05, 3.63) is 35.9 Å². The van der Waals surface area contributed by atoms with Crippen molar-refractivity contribution < 1.29 is 29.0 Å². The Balaban J connectivity index is 1.50. The number of methoxy groups -OCH3 is 1. The molecule has 2 fully saturated rings. The SMILES string of the molecule is COC(=O)C1C2CC(CNC(=O)OCc3ccccc3)(C(=O)O)CC21. The van der Waals surface area contributed by atoms with Crippen LogP contribution in [0.2, 0.25) is 0 Å². The number of ether oxygens (including phenoxy) is 2. The van der Waals surface area contributed by atoms with Crippen molar-refractivity contribution in [1.82, 2.24) is 5.32 Å². The summed E-state index contributed by atoms with van der Waals surface area (Å²) in [6, 6.07) is 9.23. The molecule has 1 aromatic rings. The molecular weight excluding hydrogens is 326 g/mol. The van der Waals surface area contributed by atoms with Crippen LogP contribution in [0.25, 0.3) is 0 Å². The molecular formula is C18H21NO6. The van der Waals surface area contributed by atoms with Crippen LogP contribution in [0.1, 0.15) is 18.4 Å². The molecule has 0 heterocycles. The third kappa shape index (κ3) is 3.45. The number of aliphatic carboxylic acids is 1. The molecule has 1 amide bonds. The summed E-state index contributed by atoms with van der Waals surface area (Å²) in [4.78, 5) is 35.2. The smallest absolute Gasteiger partial charge is 0.407 e. The number of rotatable bonds is 6. The predicted octanol–water partition coefficient (Wildman–Crippen LogP) is 1.81. The Kier molecular flexibility index (Phi) is 4.65. The number of benzene rings is 1. The Morgan fingerprint density at radius 2 is 1.84 bits per heavy atom. The Bertz CT molecular complexity index is 661. The van der Waals surface area contributed by atoms with Gasteiger partial charge in [-0.25, -0.2) is 4.79 Å². The fourth-order valence-electron chi connectivity index (χ4n) is 3.88. The number of alkyl carbamates (subject to hydrolysis) is 1. The van der Waals surface area contributed by atoms with Gasteiger partial charge in [-0.1, -0.05) is 30.3 Å². The van der Waals surface area contributed by atoms with E-state index in [1.54, 1.807) is 0 Å². The zero-order chi connectivity index (χ0) is 18.0. The van der Waals surface area contributed by atoms with Crippen LogP contribution in [-0.2, 0) is 25.7 Å². The molecule has 0 radical (unpaired) electrons. The molecule has 2 unspecified atom stereocenters. The average Bonchev–Trinajstić information content (AvgIpc) is 3.13. The molecule has 7 nitrogen and oxygen atoms in total. The van der Waals surface area contributed by atoms with Gasteiger partial charge in [-0.3, -0.25) is 9.59 Å². The number of carbonyl (C=O) groups excluding carboxylic acids is 2. The number of nitrogens with one attached hydrogen (secondary N) is 1. The van der Waals surface area contributed by atoms with Crippen LogP contribution in [0, 0.1) is 23.2 Å². The third-order valence-corrected chi connectivity index (χ3v) is 5.30. The van der Waals surface area contributed by atoms with E-state index in [4.69, 9.17) is 9.47 Å². The molecule has 2 saturated carbocycles. The highest BCUT2D eigenvalue weighted by Crippen LogP contribution is 2.64. The second-order valence-electron chi connectivity index (χ2n) is 6.79. The number of carboxylic acid groups (broad SMARTS) is 1. The van der Waals surface area contributed by atoms with Crippen molar-refractivity contribution in [3.8, 4) is 0 Å². The monoisotopic (exact) mass is 347 g/mol. The standard InChI is InChI=1S/C18H21NO6/c1-24-15(20)14-12-7-18(16(21)22,8-13(12)14)10-19-17(23)25-9-11-5-3-2-4-6-11/h2-6,12-14H,7-10H2,1H3,(H,19,23)(H,21,22). The van der Waals surface area contributed by atoms with Crippen molar-refractivity contribution >= 4 is 18.0 Å². The number of fused-ring (bicyclic) bond motifs is 1. The van der Waals surface area contributed by atoms with E-state index in [0.717, 1.165) is 5.56 Å². The summed E-state index contributed by atoms with van der Waals surface area (Å²) in [5.41, 5.74) is -0.181. The minimum atomic E-state index is -1.04. The molecule has 3 rings (SSSR count). The fourth-order valence-corrected chi connectivity index (χ4v) is 3.88. The van der Waals surface area contributed by atoms with Gasteiger partial charge in [-0.05, 0) is 30.2 Å². The largest absolute Gasteiger partial charge is 0.481 e. The van der Waals surface area contributed by atoms with Crippen LogP contribution in [0.15, 0.2) is 30.3 Å². The van der Waals surface area contributed by atoms with E-state index < -0.39 is 17.5 Å². The highest BCUT2D eigenvalue weighted by molar-refractivity contribution is 5.81. The number of amides is 1. The quantitative estimate of drug-likeness (QED) is 0.761. The molecule has 2 atom stereocenters. The first-order valence-electron chi connectivity index (χ1n) is 8.22. The number of carboxylic acids is 1. The highest BCUT2D eigenvalue weighted by Gasteiger charge is 2.67. The molecule has 0 saturated heterocycles. The first-order chi connectivity index (χ1) is 12.0. The van der Waals surface area contributed by atoms with E-state index in [1.165, 1.54) is 7.11 Å². The van der Waals surface area contributed by atoms with Crippen molar-refractivity contribution in [2.75, 3.05) is 13.7 Å². The lowest BCUT2D eigenvalue weighted by Crippen LogP contribution is -2.43. The van der Waals surface area contributed by atoms with Gasteiger partial charge in [0.05, 0.1) is 18.4 Å². The lowest BCUT2D eigenvalue weighted by Gasteiger charge is -2.26. The molecule has 134 valence electrons. The van der Waals surface area contributed by atoms with E-state index in [1.807, 2.05) is 30.3 Å². The maximum absolute atomic E-state index is 11.8. The maximum Gasteiger partial charge on any atom is 0.407 e. The minimum Gasteiger partial charge on any atom is -0.481 e. The Labute approximate surface area is 145 Å². The van der Waals surface area contributed by atoms with E-state index >= 15 is 0 Å². The lowest BCUT2D eigenvalue weighted by atomic mass is 9.81. The molecule has 1 aromatic carbocycles. The van der Waals surface area contributed by atoms with E-state index in [-0.39, 0.29) is 36.9 Å². The molecule has 0 bridgehead atoms.